The van der Waals surface area contributed by atoms with Crippen molar-refractivity contribution in [3.05, 3.63) is 30.1 Å². The molecule has 1 aliphatic rings. The molecule has 18 heavy (non-hydrogen) atoms. The topological polar surface area (TPSA) is 24.9 Å². The Labute approximate surface area is 111 Å². The second-order valence-electron chi connectivity index (χ2n) is 6.26. The maximum atomic E-state index is 4.47. The Balaban J connectivity index is 2.08. The first-order valence-electron chi connectivity index (χ1n) is 7.20. The molecule has 2 rings (SSSR count). The molecular formula is C16H26N2. The van der Waals surface area contributed by atoms with Crippen molar-refractivity contribution in [2.45, 2.75) is 52.0 Å². The van der Waals surface area contributed by atoms with Crippen LogP contribution in [0.4, 0.5) is 0 Å². The van der Waals surface area contributed by atoms with Crippen LogP contribution in [-0.4, -0.2) is 18.1 Å². The van der Waals surface area contributed by atoms with E-state index in [-0.39, 0.29) is 0 Å². The van der Waals surface area contributed by atoms with Gasteiger partial charge in [-0.3, -0.25) is 4.98 Å². The maximum absolute atomic E-state index is 4.47. The largest absolute Gasteiger partial charge is 0.316 e. The van der Waals surface area contributed by atoms with Gasteiger partial charge in [-0.05, 0) is 43.4 Å². The van der Waals surface area contributed by atoms with Gasteiger partial charge < -0.3 is 5.32 Å². The predicted molar refractivity (Wildman–Crippen MR) is 76.5 cm³/mol. The first-order valence-corrected chi connectivity index (χ1v) is 7.20. The van der Waals surface area contributed by atoms with Crippen LogP contribution < -0.4 is 5.32 Å². The summed E-state index contributed by atoms with van der Waals surface area (Å²) < 4.78 is 0. The molecule has 0 spiro atoms. The van der Waals surface area contributed by atoms with Gasteiger partial charge in [0.2, 0.25) is 0 Å². The highest BCUT2D eigenvalue weighted by molar-refractivity contribution is 5.06. The zero-order valence-corrected chi connectivity index (χ0v) is 11.9. The average molecular weight is 246 g/mol. The molecule has 0 amide bonds. The van der Waals surface area contributed by atoms with Crippen LogP contribution in [0.2, 0.25) is 0 Å². The van der Waals surface area contributed by atoms with E-state index in [1.807, 2.05) is 12.3 Å². The van der Waals surface area contributed by atoms with E-state index < -0.39 is 0 Å². The van der Waals surface area contributed by atoms with E-state index in [9.17, 15) is 0 Å². The lowest BCUT2D eigenvalue weighted by Crippen LogP contribution is -2.44. The molecule has 1 fully saturated rings. The van der Waals surface area contributed by atoms with E-state index in [1.54, 1.807) is 0 Å². The van der Waals surface area contributed by atoms with Crippen LogP contribution in [0.1, 0.15) is 45.2 Å². The molecule has 1 aromatic heterocycles. The highest BCUT2D eigenvalue weighted by Gasteiger charge is 2.36. The summed E-state index contributed by atoms with van der Waals surface area (Å²) in [6.45, 7) is 4.86. The van der Waals surface area contributed by atoms with Crippen molar-refractivity contribution >= 4 is 0 Å². The number of hydrogen-bond donors (Lipinski definition) is 1. The normalized spacial score (nSPS) is 24.7. The molecule has 2 unspecified atom stereocenters. The van der Waals surface area contributed by atoms with Crippen molar-refractivity contribution < 1.29 is 0 Å². The molecule has 2 nitrogen and oxygen atoms in total. The first-order chi connectivity index (χ1) is 8.63. The number of nitrogens with zero attached hydrogens (tertiary/aromatic N) is 1. The van der Waals surface area contributed by atoms with Gasteiger partial charge in [-0.1, -0.05) is 32.8 Å². The number of pyridine rings is 1. The SMILES string of the molecule is CNC(Cc1ccccn1)C1CCCCC1(C)C. The lowest BCUT2D eigenvalue weighted by atomic mass is 9.65. The summed E-state index contributed by atoms with van der Waals surface area (Å²) in [7, 11) is 2.10. The van der Waals surface area contributed by atoms with E-state index in [0.29, 0.717) is 11.5 Å². The number of nitrogens with one attached hydrogen (secondary N) is 1. The second-order valence-corrected chi connectivity index (χ2v) is 6.26. The highest BCUT2D eigenvalue weighted by Crippen LogP contribution is 2.42. The van der Waals surface area contributed by atoms with E-state index in [1.165, 1.54) is 31.4 Å². The van der Waals surface area contributed by atoms with Gasteiger partial charge in [0.25, 0.3) is 0 Å². The minimum absolute atomic E-state index is 0.459. The fourth-order valence-electron chi connectivity index (χ4n) is 3.46. The van der Waals surface area contributed by atoms with Crippen LogP contribution in [0.5, 0.6) is 0 Å². The molecule has 100 valence electrons. The van der Waals surface area contributed by atoms with Gasteiger partial charge in [-0.15, -0.1) is 0 Å². The van der Waals surface area contributed by atoms with Crippen LogP contribution in [0.15, 0.2) is 24.4 Å². The van der Waals surface area contributed by atoms with Crippen LogP contribution in [0.25, 0.3) is 0 Å². The van der Waals surface area contributed by atoms with Crippen molar-refractivity contribution in [1.29, 1.82) is 0 Å². The van der Waals surface area contributed by atoms with Crippen molar-refractivity contribution in [3.63, 3.8) is 0 Å². The Morgan fingerprint density at radius 2 is 2.22 bits per heavy atom. The monoisotopic (exact) mass is 246 g/mol. The molecule has 0 radical (unpaired) electrons. The van der Waals surface area contributed by atoms with E-state index in [4.69, 9.17) is 0 Å². The van der Waals surface area contributed by atoms with E-state index in [2.05, 4.69) is 43.3 Å². The Morgan fingerprint density at radius 1 is 1.39 bits per heavy atom. The van der Waals surface area contributed by atoms with Crippen LogP contribution >= 0.6 is 0 Å². The van der Waals surface area contributed by atoms with Crippen molar-refractivity contribution in [1.82, 2.24) is 10.3 Å². The Kier molecular flexibility index (Phi) is 4.39. The van der Waals surface area contributed by atoms with Crippen molar-refractivity contribution in [3.8, 4) is 0 Å². The van der Waals surface area contributed by atoms with Gasteiger partial charge in [0, 0.05) is 24.4 Å². The smallest absolute Gasteiger partial charge is 0.0419 e. The van der Waals surface area contributed by atoms with Gasteiger partial charge in [0.15, 0.2) is 0 Å². The Hall–Kier alpha value is -0.890. The van der Waals surface area contributed by atoms with Crippen molar-refractivity contribution in [2.24, 2.45) is 11.3 Å². The molecule has 1 aliphatic carbocycles. The van der Waals surface area contributed by atoms with E-state index in [0.717, 1.165) is 12.3 Å². The predicted octanol–water partition coefficient (Wildman–Crippen LogP) is 3.43. The molecule has 2 heteroatoms. The van der Waals surface area contributed by atoms with E-state index >= 15 is 0 Å². The Morgan fingerprint density at radius 3 is 2.83 bits per heavy atom. The van der Waals surface area contributed by atoms with Crippen LogP contribution in [0.3, 0.4) is 0 Å². The fourth-order valence-corrected chi connectivity index (χ4v) is 3.46. The third kappa shape index (κ3) is 3.11. The molecule has 0 bridgehead atoms. The molecule has 2 atom stereocenters. The lowest BCUT2D eigenvalue weighted by Gasteiger charge is -2.43. The van der Waals surface area contributed by atoms with Crippen molar-refractivity contribution in [2.75, 3.05) is 7.05 Å². The third-order valence-electron chi connectivity index (χ3n) is 4.60. The zero-order chi connectivity index (χ0) is 13.0. The summed E-state index contributed by atoms with van der Waals surface area (Å²) >= 11 is 0. The summed E-state index contributed by atoms with van der Waals surface area (Å²) in [5.74, 6) is 0.762. The standard InChI is InChI=1S/C16H26N2/c1-16(2)10-6-4-9-14(16)15(17-3)12-13-8-5-7-11-18-13/h5,7-8,11,14-15,17H,4,6,9-10,12H2,1-3H3. The number of rotatable bonds is 4. The minimum atomic E-state index is 0.459. The molecule has 1 N–H and O–H groups in total. The number of aromatic nitrogens is 1. The van der Waals surface area contributed by atoms with Crippen LogP contribution in [-0.2, 0) is 6.42 Å². The van der Waals surface area contributed by atoms with Gasteiger partial charge in [-0.2, -0.15) is 0 Å². The van der Waals surface area contributed by atoms with Gasteiger partial charge in [0.1, 0.15) is 0 Å². The molecule has 0 aromatic carbocycles. The summed E-state index contributed by atoms with van der Waals surface area (Å²) in [4.78, 5) is 4.47. The number of likely N-dealkylation sites (N-methyl/N-ethyl adjacent to an activating group) is 1. The molecule has 1 aromatic rings. The third-order valence-corrected chi connectivity index (χ3v) is 4.60. The molecular weight excluding hydrogens is 220 g/mol. The van der Waals surface area contributed by atoms with Gasteiger partial charge in [-0.25, -0.2) is 0 Å². The van der Waals surface area contributed by atoms with Gasteiger partial charge in [0.05, 0.1) is 0 Å². The molecule has 0 saturated heterocycles. The molecule has 1 saturated carbocycles. The summed E-state index contributed by atoms with van der Waals surface area (Å²) in [5.41, 5.74) is 1.67. The summed E-state index contributed by atoms with van der Waals surface area (Å²) in [5, 5.41) is 3.54. The fraction of sp³-hybridized carbons (Fsp3) is 0.688. The zero-order valence-electron chi connectivity index (χ0n) is 11.9. The lowest BCUT2D eigenvalue weighted by molar-refractivity contribution is 0.101. The minimum Gasteiger partial charge on any atom is -0.316 e. The molecule has 1 heterocycles. The quantitative estimate of drug-likeness (QED) is 0.880. The van der Waals surface area contributed by atoms with Crippen LogP contribution in [0, 0.1) is 11.3 Å². The molecule has 0 aliphatic heterocycles. The van der Waals surface area contributed by atoms with Gasteiger partial charge >= 0.3 is 0 Å². The number of hydrogen-bond acceptors (Lipinski definition) is 2. The first kappa shape index (κ1) is 13.5. The Bertz CT molecular complexity index is 359. The summed E-state index contributed by atoms with van der Waals surface area (Å²) in [6.07, 6.45) is 8.43. The average Bonchev–Trinajstić information content (AvgIpc) is 2.37. The summed E-state index contributed by atoms with van der Waals surface area (Å²) in [6, 6.07) is 6.76. The second kappa shape index (κ2) is 5.83. The maximum Gasteiger partial charge on any atom is 0.0419 e. The highest BCUT2D eigenvalue weighted by atomic mass is 14.9.